The Labute approximate surface area is 157 Å². The van der Waals surface area contributed by atoms with Crippen molar-refractivity contribution < 1.29 is 4.79 Å². The molecule has 3 fully saturated rings. The summed E-state index contributed by atoms with van der Waals surface area (Å²) in [5.74, 6) is 2.08. The summed E-state index contributed by atoms with van der Waals surface area (Å²) in [6, 6.07) is 8.62. The van der Waals surface area contributed by atoms with Crippen molar-refractivity contribution in [3.8, 4) is 0 Å². The molecular formula is C22H33N3O. The van der Waals surface area contributed by atoms with Gasteiger partial charge in [0.05, 0.1) is 5.92 Å². The van der Waals surface area contributed by atoms with Crippen LogP contribution in [0.25, 0.3) is 0 Å². The lowest BCUT2D eigenvalue weighted by Crippen LogP contribution is -2.45. The van der Waals surface area contributed by atoms with Gasteiger partial charge in [-0.1, -0.05) is 31.2 Å². The first kappa shape index (κ1) is 18.0. The molecule has 1 aliphatic heterocycles. The Bertz CT molecular complexity index is 644. The van der Waals surface area contributed by atoms with Crippen LogP contribution in [0, 0.1) is 23.7 Å². The molecule has 3 N–H and O–H groups in total. The number of hydrogen-bond donors (Lipinski definition) is 2. The number of piperidine rings is 1. The van der Waals surface area contributed by atoms with Crippen molar-refractivity contribution >= 4 is 5.91 Å². The highest BCUT2D eigenvalue weighted by molar-refractivity contribution is 5.80. The van der Waals surface area contributed by atoms with E-state index >= 15 is 0 Å². The van der Waals surface area contributed by atoms with Gasteiger partial charge in [0.25, 0.3) is 0 Å². The molecule has 0 spiro atoms. The third kappa shape index (κ3) is 3.67. The lowest BCUT2D eigenvalue weighted by molar-refractivity contribution is -0.127. The number of nitrogens with two attached hydrogens (primary N) is 1. The minimum atomic E-state index is 0.0313. The van der Waals surface area contributed by atoms with Crippen LogP contribution in [0.3, 0.4) is 0 Å². The highest BCUT2D eigenvalue weighted by Crippen LogP contribution is 2.47. The first-order valence-electron chi connectivity index (χ1n) is 10.4. The minimum Gasteiger partial charge on any atom is -0.352 e. The van der Waals surface area contributed by atoms with Gasteiger partial charge in [0.1, 0.15) is 0 Å². The van der Waals surface area contributed by atoms with Crippen LogP contribution >= 0.6 is 0 Å². The topological polar surface area (TPSA) is 58.4 Å². The van der Waals surface area contributed by atoms with Gasteiger partial charge in [0.2, 0.25) is 5.91 Å². The van der Waals surface area contributed by atoms with Gasteiger partial charge in [0.15, 0.2) is 0 Å². The predicted molar refractivity (Wildman–Crippen MR) is 104 cm³/mol. The number of amides is 1. The summed E-state index contributed by atoms with van der Waals surface area (Å²) in [6.07, 6.45) is 6.19. The molecule has 4 heteroatoms. The predicted octanol–water partition coefficient (Wildman–Crippen LogP) is 2.91. The number of nitrogens with zero attached hydrogens (tertiary/aromatic N) is 1. The van der Waals surface area contributed by atoms with E-state index in [1.807, 2.05) is 0 Å². The van der Waals surface area contributed by atoms with E-state index in [2.05, 4.69) is 41.4 Å². The third-order valence-corrected chi connectivity index (χ3v) is 6.99. The van der Waals surface area contributed by atoms with Gasteiger partial charge >= 0.3 is 0 Å². The maximum atomic E-state index is 12.8. The molecule has 0 aromatic heterocycles. The van der Waals surface area contributed by atoms with Crippen molar-refractivity contribution in [1.82, 2.24) is 10.2 Å². The number of nitrogens with one attached hydrogen (secondary N) is 1. The van der Waals surface area contributed by atoms with E-state index in [0.717, 1.165) is 18.9 Å². The van der Waals surface area contributed by atoms with Crippen LogP contribution in [0.15, 0.2) is 24.3 Å². The Balaban J connectivity index is 1.37. The molecule has 142 valence electrons. The number of carbonyl (C=O) groups excluding carboxylic acids is 1. The number of benzene rings is 1. The zero-order chi connectivity index (χ0) is 18.1. The van der Waals surface area contributed by atoms with E-state index in [1.165, 1.54) is 49.9 Å². The molecule has 1 heterocycles. The normalized spacial score (nSPS) is 34.2. The molecule has 0 radical (unpaired) electrons. The van der Waals surface area contributed by atoms with Crippen LogP contribution in [-0.4, -0.2) is 29.9 Å². The summed E-state index contributed by atoms with van der Waals surface area (Å²) in [7, 11) is 0. The zero-order valence-corrected chi connectivity index (χ0v) is 16.0. The van der Waals surface area contributed by atoms with E-state index < -0.39 is 0 Å². The molecule has 4 nitrogen and oxygen atoms in total. The van der Waals surface area contributed by atoms with Crippen LogP contribution in [0.2, 0.25) is 0 Å². The van der Waals surface area contributed by atoms with Gasteiger partial charge in [-0.3, -0.25) is 9.69 Å². The Kier molecular flexibility index (Phi) is 5.32. The summed E-state index contributed by atoms with van der Waals surface area (Å²) in [6.45, 7) is 6.32. The van der Waals surface area contributed by atoms with Crippen LogP contribution in [0.4, 0.5) is 0 Å². The molecule has 26 heavy (non-hydrogen) atoms. The molecule has 5 atom stereocenters. The summed E-state index contributed by atoms with van der Waals surface area (Å²) < 4.78 is 0. The number of hydrogen-bond acceptors (Lipinski definition) is 3. The summed E-state index contributed by atoms with van der Waals surface area (Å²) >= 11 is 0. The Morgan fingerprint density at radius 1 is 1.19 bits per heavy atom. The van der Waals surface area contributed by atoms with Crippen molar-refractivity contribution in [2.45, 2.75) is 58.2 Å². The van der Waals surface area contributed by atoms with Crippen molar-refractivity contribution in [2.24, 2.45) is 29.4 Å². The average Bonchev–Trinajstić information content (AvgIpc) is 3.22. The van der Waals surface area contributed by atoms with Gasteiger partial charge < -0.3 is 11.1 Å². The first-order valence-corrected chi connectivity index (χ1v) is 10.4. The van der Waals surface area contributed by atoms with Crippen LogP contribution in [0.1, 0.15) is 50.2 Å². The second-order valence-electron chi connectivity index (χ2n) is 8.91. The minimum absolute atomic E-state index is 0.0313. The van der Waals surface area contributed by atoms with E-state index in [0.29, 0.717) is 18.4 Å². The van der Waals surface area contributed by atoms with E-state index in [1.54, 1.807) is 0 Å². The largest absolute Gasteiger partial charge is 0.352 e. The molecule has 3 aliphatic rings. The lowest BCUT2D eigenvalue weighted by atomic mass is 9.84. The van der Waals surface area contributed by atoms with Crippen LogP contribution < -0.4 is 11.1 Å². The molecule has 1 aromatic rings. The molecule has 1 aromatic carbocycles. The Morgan fingerprint density at radius 3 is 2.69 bits per heavy atom. The standard InChI is InChI=1S/C22H33N3O/c1-15-5-4-10-25(13-15)14-19-7-3-2-6-18(19)12-24-22(26)20-16-8-9-17(11-16)21(20)23/h2-3,6-7,15-17,20-21H,4-5,8-14,23H2,1H3,(H,24,26). The number of rotatable bonds is 5. The molecule has 2 saturated carbocycles. The van der Waals surface area contributed by atoms with Crippen molar-refractivity contribution in [3.63, 3.8) is 0 Å². The van der Waals surface area contributed by atoms with Gasteiger partial charge in [-0.2, -0.15) is 0 Å². The molecule has 1 amide bonds. The summed E-state index contributed by atoms with van der Waals surface area (Å²) in [5.41, 5.74) is 8.93. The fraction of sp³-hybridized carbons (Fsp3) is 0.682. The average molecular weight is 356 g/mol. The second-order valence-corrected chi connectivity index (χ2v) is 8.91. The van der Waals surface area contributed by atoms with E-state index in [4.69, 9.17) is 5.73 Å². The smallest absolute Gasteiger partial charge is 0.225 e. The van der Waals surface area contributed by atoms with Crippen LogP contribution in [-0.2, 0) is 17.9 Å². The fourth-order valence-corrected chi connectivity index (χ4v) is 5.58. The quantitative estimate of drug-likeness (QED) is 0.854. The van der Waals surface area contributed by atoms with Crippen molar-refractivity contribution in [3.05, 3.63) is 35.4 Å². The van der Waals surface area contributed by atoms with Gasteiger partial charge in [-0.15, -0.1) is 0 Å². The van der Waals surface area contributed by atoms with E-state index in [-0.39, 0.29) is 17.9 Å². The molecule has 2 aliphatic carbocycles. The van der Waals surface area contributed by atoms with Crippen molar-refractivity contribution in [2.75, 3.05) is 13.1 Å². The first-order chi connectivity index (χ1) is 12.6. The third-order valence-electron chi connectivity index (χ3n) is 6.99. The van der Waals surface area contributed by atoms with Crippen molar-refractivity contribution in [1.29, 1.82) is 0 Å². The highest BCUT2D eigenvalue weighted by atomic mass is 16.1. The molecule has 2 bridgehead atoms. The van der Waals surface area contributed by atoms with Gasteiger partial charge in [-0.05, 0) is 67.5 Å². The molecule has 1 saturated heterocycles. The maximum absolute atomic E-state index is 12.8. The highest BCUT2D eigenvalue weighted by Gasteiger charge is 2.48. The number of fused-ring (bicyclic) bond motifs is 2. The van der Waals surface area contributed by atoms with Gasteiger partial charge in [-0.25, -0.2) is 0 Å². The van der Waals surface area contributed by atoms with E-state index in [9.17, 15) is 4.79 Å². The monoisotopic (exact) mass is 355 g/mol. The van der Waals surface area contributed by atoms with Crippen LogP contribution in [0.5, 0.6) is 0 Å². The zero-order valence-electron chi connectivity index (χ0n) is 16.0. The lowest BCUT2D eigenvalue weighted by Gasteiger charge is -2.31. The maximum Gasteiger partial charge on any atom is 0.225 e. The SMILES string of the molecule is CC1CCCN(Cc2ccccc2CNC(=O)C2C3CCC(C3)C2N)C1. The molecular weight excluding hydrogens is 322 g/mol. The second kappa shape index (κ2) is 7.69. The summed E-state index contributed by atoms with van der Waals surface area (Å²) in [5, 5.41) is 3.21. The molecule has 4 rings (SSSR count). The Morgan fingerprint density at radius 2 is 1.96 bits per heavy atom. The fourth-order valence-electron chi connectivity index (χ4n) is 5.58. The summed E-state index contributed by atoms with van der Waals surface area (Å²) in [4.78, 5) is 15.3. The molecule has 5 unspecified atom stereocenters. The number of carbonyl (C=O) groups is 1. The Hall–Kier alpha value is -1.39. The van der Waals surface area contributed by atoms with Gasteiger partial charge in [0, 0.05) is 25.7 Å². The number of likely N-dealkylation sites (tertiary alicyclic amines) is 1.